The molecule has 2 aromatic rings. The summed E-state index contributed by atoms with van der Waals surface area (Å²) in [6.45, 7) is 6.19. The van der Waals surface area contributed by atoms with E-state index in [4.69, 9.17) is 4.52 Å². The summed E-state index contributed by atoms with van der Waals surface area (Å²) in [6.07, 6.45) is 0. The molecular weight excluding hydrogens is 240 g/mol. The minimum Gasteiger partial charge on any atom is -0.361 e. The number of aryl methyl sites for hydroxylation is 2. The molecule has 0 radical (unpaired) electrons. The van der Waals surface area contributed by atoms with Crippen molar-refractivity contribution in [2.45, 2.75) is 26.7 Å². The number of aromatic nitrogens is 1. The molecule has 1 aromatic heterocycles. The van der Waals surface area contributed by atoms with Crippen molar-refractivity contribution in [1.29, 1.82) is 0 Å². The first-order valence-corrected chi connectivity index (χ1v) is 6.35. The van der Waals surface area contributed by atoms with E-state index in [9.17, 15) is 4.79 Å². The van der Waals surface area contributed by atoms with Gasteiger partial charge in [0.2, 0.25) is 0 Å². The van der Waals surface area contributed by atoms with Crippen molar-refractivity contribution >= 4 is 5.91 Å². The number of benzene rings is 1. The summed E-state index contributed by atoms with van der Waals surface area (Å²) in [5.41, 5.74) is 2.38. The second-order valence-electron chi connectivity index (χ2n) is 4.72. The molecule has 1 amide bonds. The molecule has 0 bridgehead atoms. The highest BCUT2D eigenvalue weighted by molar-refractivity contribution is 5.96. The van der Waals surface area contributed by atoms with Crippen LogP contribution < -0.4 is 5.32 Å². The number of hydrogen-bond donors (Lipinski definition) is 1. The number of amides is 1. The fraction of sp³-hybridized carbons (Fsp3) is 0.333. The van der Waals surface area contributed by atoms with Crippen molar-refractivity contribution < 1.29 is 9.32 Å². The lowest BCUT2D eigenvalue weighted by Gasteiger charge is -2.12. The fourth-order valence-electron chi connectivity index (χ4n) is 2.04. The lowest BCUT2D eigenvalue weighted by molar-refractivity contribution is 0.0949. The SMILES string of the molecule is Cc1noc(C)c1C(=O)NC[C@@H](C)c1ccccc1. The molecule has 0 saturated heterocycles. The summed E-state index contributed by atoms with van der Waals surface area (Å²) in [5.74, 6) is 0.701. The molecule has 0 unspecified atom stereocenters. The topological polar surface area (TPSA) is 55.1 Å². The Kier molecular flexibility index (Phi) is 4.00. The lowest BCUT2D eigenvalue weighted by Crippen LogP contribution is -2.28. The zero-order valence-electron chi connectivity index (χ0n) is 11.4. The van der Waals surface area contributed by atoms with Crippen molar-refractivity contribution in [3.8, 4) is 0 Å². The van der Waals surface area contributed by atoms with Gasteiger partial charge in [0.15, 0.2) is 0 Å². The van der Waals surface area contributed by atoms with Gasteiger partial charge in [0.05, 0.1) is 5.69 Å². The predicted molar refractivity (Wildman–Crippen MR) is 73.2 cm³/mol. The van der Waals surface area contributed by atoms with Crippen LogP contribution in [0.25, 0.3) is 0 Å². The maximum Gasteiger partial charge on any atom is 0.256 e. The molecular formula is C15H18N2O2. The van der Waals surface area contributed by atoms with Crippen molar-refractivity contribution in [2.24, 2.45) is 0 Å². The summed E-state index contributed by atoms with van der Waals surface area (Å²) >= 11 is 0. The molecule has 0 aliphatic carbocycles. The first kappa shape index (κ1) is 13.3. The minimum absolute atomic E-state index is 0.126. The highest BCUT2D eigenvalue weighted by Crippen LogP contribution is 2.15. The second kappa shape index (κ2) is 5.69. The molecule has 1 heterocycles. The normalized spacial score (nSPS) is 12.2. The van der Waals surface area contributed by atoms with Gasteiger partial charge in [-0.25, -0.2) is 0 Å². The van der Waals surface area contributed by atoms with Crippen molar-refractivity contribution in [3.05, 3.63) is 52.9 Å². The number of nitrogens with one attached hydrogen (secondary N) is 1. The molecule has 100 valence electrons. The highest BCUT2D eigenvalue weighted by Gasteiger charge is 2.17. The Morgan fingerprint density at radius 2 is 2.00 bits per heavy atom. The van der Waals surface area contributed by atoms with E-state index in [0.29, 0.717) is 23.6 Å². The third-order valence-corrected chi connectivity index (χ3v) is 3.20. The average Bonchev–Trinajstić information content (AvgIpc) is 2.76. The largest absolute Gasteiger partial charge is 0.361 e. The molecule has 0 saturated carbocycles. The molecule has 1 aromatic carbocycles. The van der Waals surface area contributed by atoms with Gasteiger partial charge < -0.3 is 9.84 Å². The molecule has 4 nitrogen and oxygen atoms in total. The van der Waals surface area contributed by atoms with Gasteiger partial charge in [-0.15, -0.1) is 0 Å². The van der Waals surface area contributed by atoms with Gasteiger partial charge in [-0.05, 0) is 25.3 Å². The van der Waals surface area contributed by atoms with Gasteiger partial charge in [0.25, 0.3) is 5.91 Å². The van der Waals surface area contributed by atoms with Gasteiger partial charge in [-0.2, -0.15) is 0 Å². The van der Waals surface area contributed by atoms with Crippen LogP contribution in [-0.2, 0) is 0 Å². The number of hydrogen-bond acceptors (Lipinski definition) is 3. The van der Waals surface area contributed by atoms with Crippen molar-refractivity contribution in [1.82, 2.24) is 10.5 Å². The minimum atomic E-state index is -0.126. The summed E-state index contributed by atoms with van der Waals surface area (Å²) in [5, 5.41) is 6.71. The maximum atomic E-state index is 12.1. The fourth-order valence-corrected chi connectivity index (χ4v) is 2.04. The monoisotopic (exact) mass is 258 g/mol. The van der Waals surface area contributed by atoms with Crippen LogP contribution in [0.15, 0.2) is 34.9 Å². The number of rotatable bonds is 4. The Morgan fingerprint density at radius 1 is 1.32 bits per heavy atom. The Labute approximate surface area is 112 Å². The van der Waals surface area contributed by atoms with Gasteiger partial charge >= 0.3 is 0 Å². The standard InChI is InChI=1S/C15H18N2O2/c1-10(13-7-5-4-6-8-13)9-16-15(18)14-11(2)17-19-12(14)3/h4-8,10H,9H2,1-3H3,(H,16,18)/t10-/m1/s1. The van der Waals surface area contributed by atoms with Gasteiger partial charge in [0, 0.05) is 6.54 Å². The maximum absolute atomic E-state index is 12.1. The van der Waals surface area contributed by atoms with Gasteiger partial charge in [-0.1, -0.05) is 42.4 Å². The van der Waals surface area contributed by atoms with Crippen molar-refractivity contribution in [3.63, 3.8) is 0 Å². The van der Waals surface area contributed by atoms with Crippen LogP contribution in [0.5, 0.6) is 0 Å². The van der Waals surface area contributed by atoms with E-state index >= 15 is 0 Å². The summed E-state index contributed by atoms with van der Waals surface area (Å²) < 4.78 is 5.00. The van der Waals surface area contributed by atoms with Crippen LogP contribution in [0.4, 0.5) is 0 Å². The van der Waals surface area contributed by atoms with Gasteiger partial charge in [0.1, 0.15) is 11.3 Å². The second-order valence-corrected chi connectivity index (χ2v) is 4.72. The Hall–Kier alpha value is -2.10. The smallest absolute Gasteiger partial charge is 0.256 e. The van der Waals surface area contributed by atoms with Crippen molar-refractivity contribution in [2.75, 3.05) is 6.54 Å². The van der Waals surface area contributed by atoms with E-state index < -0.39 is 0 Å². The number of carbonyl (C=O) groups is 1. The Bertz CT molecular complexity index is 541. The molecule has 0 fully saturated rings. The van der Waals surface area contributed by atoms with Gasteiger partial charge in [-0.3, -0.25) is 4.79 Å². The van der Waals surface area contributed by atoms with Crippen LogP contribution in [0, 0.1) is 13.8 Å². The third kappa shape index (κ3) is 3.02. The first-order chi connectivity index (χ1) is 9.09. The van der Waals surface area contributed by atoms with Crippen LogP contribution in [0.2, 0.25) is 0 Å². The van der Waals surface area contributed by atoms with Crippen LogP contribution in [0.3, 0.4) is 0 Å². The molecule has 2 rings (SSSR count). The summed E-state index contributed by atoms with van der Waals surface area (Å²) in [6, 6.07) is 10.1. The van der Waals surface area contributed by atoms with E-state index in [1.165, 1.54) is 5.56 Å². The zero-order chi connectivity index (χ0) is 13.8. The lowest BCUT2D eigenvalue weighted by atomic mass is 10.0. The highest BCUT2D eigenvalue weighted by atomic mass is 16.5. The molecule has 0 spiro atoms. The van der Waals surface area contributed by atoms with E-state index in [0.717, 1.165) is 0 Å². The quantitative estimate of drug-likeness (QED) is 0.917. The molecule has 0 aliphatic rings. The summed E-state index contributed by atoms with van der Waals surface area (Å²) in [7, 11) is 0. The predicted octanol–water partition coefficient (Wildman–Crippen LogP) is 2.82. The molecule has 1 atom stereocenters. The molecule has 1 N–H and O–H groups in total. The Morgan fingerprint density at radius 3 is 2.58 bits per heavy atom. The number of nitrogens with zero attached hydrogens (tertiary/aromatic N) is 1. The van der Waals surface area contributed by atoms with Crippen LogP contribution in [0.1, 0.15) is 40.2 Å². The van der Waals surface area contributed by atoms with E-state index in [2.05, 4.69) is 29.5 Å². The van der Waals surface area contributed by atoms with E-state index in [-0.39, 0.29) is 11.8 Å². The molecule has 0 aliphatic heterocycles. The summed E-state index contributed by atoms with van der Waals surface area (Å²) in [4.78, 5) is 12.1. The first-order valence-electron chi connectivity index (χ1n) is 6.35. The number of carbonyl (C=O) groups excluding carboxylic acids is 1. The molecule has 4 heteroatoms. The van der Waals surface area contributed by atoms with E-state index in [1.807, 2.05) is 18.2 Å². The Balaban J connectivity index is 1.98. The van der Waals surface area contributed by atoms with Crippen LogP contribution in [-0.4, -0.2) is 17.6 Å². The third-order valence-electron chi connectivity index (χ3n) is 3.20. The zero-order valence-corrected chi connectivity index (χ0v) is 11.4. The van der Waals surface area contributed by atoms with Crippen LogP contribution >= 0.6 is 0 Å². The molecule has 19 heavy (non-hydrogen) atoms. The van der Waals surface area contributed by atoms with E-state index in [1.54, 1.807) is 13.8 Å². The average molecular weight is 258 g/mol.